The predicted octanol–water partition coefficient (Wildman–Crippen LogP) is -0.0261. The number of hydrogen-bond donors (Lipinski definition) is 3. The Kier molecular flexibility index (Phi) is 3.13. The smallest absolute Gasteiger partial charge is 0.222 e. The Hall–Kier alpha value is -1.45. The lowest BCUT2D eigenvalue weighted by Gasteiger charge is -2.06. The molecular formula is C8H11N5O2S2. The van der Waals surface area contributed by atoms with Crippen LogP contribution in [0.4, 0.5) is 11.8 Å². The number of rotatable bonds is 4. The molecule has 0 unspecified atom stereocenters. The summed E-state index contributed by atoms with van der Waals surface area (Å²) in [5, 5.41) is 9.66. The van der Waals surface area contributed by atoms with Gasteiger partial charge in [0.2, 0.25) is 16.0 Å². The average molecular weight is 273 g/mol. The maximum Gasteiger partial charge on any atom is 0.222 e. The molecule has 0 saturated carbocycles. The Morgan fingerprint density at radius 3 is 2.88 bits per heavy atom. The van der Waals surface area contributed by atoms with Gasteiger partial charge in [-0.05, 0) is 11.4 Å². The van der Waals surface area contributed by atoms with Crippen molar-refractivity contribution in [3.05, 3.63) is 11.4 Å². The van der Waals surface area contributed by atoms with Crippen LogP contribution in [-0.4, -0.2) is 30.7 Å². The molecule has 0 atom stereocenters. The van der Waals surface area contributed by atoms with Gasteiger partial charge in [-0.2, -0.15) is 4.98 Å². The van der Waals surface area contributed by atoms with Gasteiger partial charge in [0, 0.05) is 6.54 Å². The van der Waals surface area contributed by atoms with Crippen LogP contribution in [0.2, 0.25) is 0 Å². The first-order valence-electron chi connectivity index (χ1n) is 4.71. The maximum atomic E-state index is 10.8. The van der Waals surface area contributed by atoms with E-state index in [1.807, 2.05) is 11.4 Å². The molecule has 0 aliphatic carbocycles. The van der Waals surface area contributed by atoms with Crippen LogP contribution in [0.15, 0.2) is 11.4 Å². The van der Waals surface area contributed by atoms with E-state index in [1.165, 1.54) is 11.3 Å². The summed E-state index contributed by atoms with van der Waals surface area (Å²) >= 11 is 1.46. The van der Waals surface area contributed by atoms with Gasteiger partial charge in [0.05, 0.1) is 16.0 Å². The fraction of sp³-hybridized carbons (Fsp3) is 0.250. The number of nitrogens with two attached hydrogens (primary N) is 2. The Morgan fingerprint density at radius 1 is 1.41 bits per heavy atom. The van der Waals surface area contributed by atoms with Crippen LogP contribution < -0.4 is 16.2 Å². The molecule has 0 aliphatic heterocycles. The molecule has 17 heavy (non-hydrogen) atoms. The second-order valence-corrected chi connectivity index (χ2v) is 6.01. The molecule has 0 spiro atoms. The van der Waals surface area contributed by atoms with Crippen LogP contribution in [-0.2, 0) is 10.0 Å². The van der Waals surface area contributed by atoms with Gasteiger partial charge in [-0.25, -0.2) is 18.5 Å². The van der Waals surface area contributed by atoms with Crippen LogP contribution in [0.1, 0.15) is 0 Å². The molecule has 0 fully saturated rings. The van der Waals surface area contributed by atoms with E-state index in [-0.39, 0.29) is 18.2 Å². The number of anilines is 2. The maximum absolute atomic E-state index is 10.8. The summed E-state index contributed by atoms with van der Waals surface area (Å²) in [6, 6.07) is 1.82. The van der Waals surface area contributed by atoms with Gasteiger partial charge >= 0.3 is 0 Å². The highest BCUT2D eigenvalue weighted by Gasteiger charge is 2.08. The fourth-order valence-electron chi connectivity index (χ4n) is 1.31. The molecule has 0 aliphatic rings. The van der Waals surface area contributed by atoms with Crippen LogP contribution in [0.25, 0.3) is 10.2 Å². The highest BCUT2D eigenvalue weighted by molar-refractivity contribution is 7.89. The quantitative estimate of drug-likeness (QED) is 0.718. The first-order chi connectivity index (χ1) is 7.96. The summed E-state index contributed by atoms with van der Waals surface area (Å²) in [5.74, 6) is 0.518. The van der Waals surface area contributed by atoms with Crippen molar-refractivity contribution in [1.29, 1.82) is 0 Å². The second kappa shape index (κ2) is 4.43. The number of thiophene rings is 1. The summed E-state index contributed by atoms with van der Waals surface area (Å²) in [6.45, 7) is 0.183. The zero-order valence-corrected chi connectivity index (χ0v) is 10.4. The van der Waals surface area contributed by atoms with Crippen LogP contribution in [0.5, 0.6) is 0 Å². The van der Waals surface area contributed by atoms with E-state index in [0.717, 1.165) is 10.2 Å². The van der Waals surface area contributed by atoms with Crippen molar-refractivity contribution in [1.82, 2.24) is 9.97 Å². The molecule has 0 amide bonds. The lowest BCUT2D eigenvalue weighted by molar-refractivity contribution is 0.598. The van der Waals surface area contributed by atoms with Crippen molar-refractivity contribution in [2.75, 3.05) is 23.3 Å². The summed E-state index contributed by atoms with van der Waals surface area (Å²) in [7, 11) is -3.48. The van der Waals surface area contributed by atoms with E-state index in [1.54, 1.807) is 0 Å². The number of nitrogens with zero attached hydrogens (tertiary/aromatic N) is 2. The third-order valence-corrected chi connectivity index (χ3v) is 3.68. The zero-order chi connectivity index (χ0) is 12.5. The van der Waals surface area contributed by atoms with Gasteiger partial charge in [-0.15, -0.1) is 11.3 Å². The molecule has 5 N–H and O–H groups in total. The number of aromatic nitrogens is 2. The van der Waals surface area contributed by atoms with Gasteiger partial charge in [0.15, 0.2) is 0 Å². The third-order valence-electron chi connectivity index (χ3n) is 2.00. The average Bonchev–Trinajstić information content (AvgIpc) is 2.63. The molecular weight excluding hydrogens is 262 g/mol. The molecule has 2 rings (SSSR count). The SMILES string of the molecule is Nc1nc(NCCS(N)(=O)=O)c2sccc2n1. The topological polar surface area (TPSA) is 124 Å². The van der Waals surface area contributed by atoms with Crippen molar-refractivity contribution < 1.29 is 8.42 Å². The van der Waals surface area contributed by atoms with E-state index in [9.17, 15) is 8.42 Å². The Balaban J connectivity index is 2.20. The number of sulfonamides is 1. The van der Waals surface area contributed by atoms with Gasteiger partial charge in [-0.1, -0.05) is 0 Å². The van der Waals surface area contributed by atoms with E-state index in [2.05, 4.69) is 15.3 Å². The van der Waals surface area contributed by atoms with Crippen LogP contribution in [0, 0.1) is 0 Å². The highest BCUT2D eigenvalue weighted by Crippen LogP contribution is 2.26. The van der Waals surface area contributed by atoms with Crippen molar-refractivity contribution in [3.63, 3.8) is 0 Å². The zero-order valence-electron chi connectivity index (χ0n) is 8.75. The van der Waals surface area contributed by atoms with E-state index >= 15 is 0 Å². The fourth-order valence-corrected chi connectivity index (χ4v) is 2.50. The predicted molar refractivity (Wildman–Crippen MR) is 68.3 cm³/mol. The Labute approximate surface area is 102 Å². The lowest BCUT2D eigenvalue weighted by Crippen LogP contribution is -2.22. The molecule has 7 nitrogen and oxygen atoms in total. The van der Waals surface area contributed by atoms with Crippen molar-refractivity contribution in [3.8, 4) is 0 Å². The van der Waals surface area contributed by atoms with E-state index < -0.39 is 10.0 Å². The Morgan fingerprint density at radius 2 is 2.18 bits per heavy atom. The summed E-state index contributed by atoms with van der Waals surface area (Å²) in [6.07, 6.45) is 0. The van der Waals surface area contributed by atoms with Crippen molar-refractivity contribution in [2.45, 2.75) is 0 Å². The number of nitrogen functional groups attached to an aromatic ring is 1. The van der Waals surface area contributed by atoms with Gasteiger partial charge in [-0.3, -0.25) is 0 Å². The molecule has 2 heterocycles. The van der Waals surface area contributed by atoms with Crippen LogP contribution in [0.3, 0.4) is 0 Å². The lowest BCUT2D eigenvalue weighted by atomic mass is 10.4. The third kappa shape index (κ3) is 3.02. The normalized spacial score (nSPS) is 11.8. The number of nitrogens with one attached hydrogen (secondary N) is 1. The van der Waals surface area contributed by atoms with Gasteiger partial charge in [0.1, 0.15) is 5.82 Å². The highest BCUT2D eigenvalue weighted by atomic mass is 32.2. The molecule has 0 bridgehead atoms. The van der Waals surface area contributed by atoms with E-state index in [4.69, 9.17) is 10.9 Å². The van der Waals surface area contributed by atoms with Crippen molar-refractivity contribution in [2.24, 2.45) is 5.14 Å². The number of hydrogen-bond acceptors (Lipinski definition) is 7. The summed E-state index contributed by atoms with van der Waals surface area (Å²) < 4.78 is 22.4. The minimum absolute atomic E-state index is 0.147. The molecule has 92 valence electrons. The molecule has 2 aromatic heterocycles. The van der Waals surface area contributed by atoms with E-state index in [0.29, 0.717) is 5.82 Å². The minimum atomic E-state index is -3.48. The summed E-state index contributed by atoms with van der Waals surface area (Å²) in [5.41, 5.74) is 6.28. The standard InChI is InChI=1S/C8H11N5O2S2/c9-8-12-5-1-3-16-6(5)7(13-8)11-2-4-17(10,14)15/h1,3H,2,4H2,(H2,10,14,15)(H3,9,11,12,13). The largest absolute Gasteiger partial charge is 0.368 e. The summed E-state index contributed by atoms with van der Waals surface area (Å²) in [4.78, 5) is 8.07. The molecule has 9 heteroatoms. The monoisotopic (exact) mass is 273 g/mol. The minimum Gasteiger partial charge on any atom is -0.368 e. The first-order valence-corrected chi connectivity index (χ1v) is 7.30. The molecule has 0 radical (unpaired) electrons. The number of fused-ring (bicyclic) bond motifs is 1. The van der Waals surface area contributed by atoms with Gasteiger partial charge in [0.25, 0.3) is 0 Å². The van der Waals surface area contributed by atoms with Gasteiger partial charge < -0.3 is 11.1 Å². The van der Waals surface area contributed by atoms with Crippen LogP contribution >= 0.6 is 11.3 Å². The number of primary sulfonamides is 1. The molecule has 0 aromatic carbocycles. The first kappa shape index (κ1) is 12.0. The molecule has 0 saturated heterocycles. The second-order valence-electron chi connectivity index (χ2n) is 3.36. The van der Waals surface area contributed by atoms with Crippen molar-refractivity contribution >= 4 is 43.3 Å². The molecule has 2 aromatic rings. The Bertz CT molecular complexity index is 636.